The van der Waals surface area contributed by atoms with Gasteiger partial charge in [0.25, 0.3) is 5.91 Å². The molecule has 0 aromatic heterocycles. The van der Waals surface area contributed by atoms with Gasteiger partial charge in [0.05, 0.1) is 18.9 Å². The molecule has 23 heavy (non-hydrogen) atoms. The van der Waals surface area contributed by atoms with Gasteiger partial charge in [-0.15, -0.1) is 0 Å². The molecule has 128 valence electrons. The fourth-order valence-corrected chi connectivity index (χ4v) is 2.74. The van der Waals surface area contributed by atoms with Crippen molar-refractivity contribution in [1.29, 1.82) is 0 Å². The van der Waals surface area contributed by atoms with Gasteiger partial charge in [0.1, 0.15) is 0 Å². The summed E-state index contributed by atoms with van der Waals surface area (Å²) in [6.45, 7) is 10.4. The molecule has 5 heteroatoms. The van der Waals surface area contributed by atoms with Gasteiger partial charge >= 0.3 is 0 Å². The molecule has 0 bridgehead atoms. The third-order valence-electron chi connectivity index (χ3n) is 3.85. The Bertz CT molecular complexity index is 568. The highest BCUT2D eigenvalue weighted by Crippen LogP contribution is 2.44. The highest BCUT2D eigenvalue weighted by atomic mass is 16.5. The van der Waals surface area contributed by atoms with Crippen LogP contribution in [0.25, 0.3) is 0 Å². The Morgan fingerprint density at radius 3 is 2.52 bits per heavy atom. The highest BCUT2D eigenvalue weighted by Gasteiger charge is 2.39. The Balaban J connectivity index is 2.57. The van der Waals surface area contributed by atoms with Crippen molar-refractivity contribution >= 4 is 11.6 Å². The number of fused-ring (bicyclic) bond motifs is 1. The number of carbonyl (C=O) groups is 1. The minimum absolute atomic E-state index is 0.000585. The average Bonchev–Trinajstić information content (AvgIpc) is 2.50. The third-order valence-corrected chi connectivity index (χ3v) is 3.85. The number of benzene rings is 1. The van der Waals surface area contributed by atoms with E-state index < -0.39 is 6.10 Å². The maximum absolute atomic E-state index is 12.8. The zero-order chi connectivity index (χ0) is 17.1. The summed E-state index contributed by atoms with van der Waals surface area (Å²) in [5, 5.41) is 9.52. The van der Waals surface area contributed by atoms with Gasteiger partial charge in [-0.05, 0) is 43.9 Å². The van der Waals surface area contributed by atoms with Crippen LogP contribution in [0.4, 0.5) is 5.69 Å². The summed E-state index contributed by atoms with van der Waals surface area (Å²) in [7, 11) is 0. The molecule has 0 saturated carbocycles. The Morgan fingerprint density at radius 1 is 1.30 bits per heavy atom. The van der Waals surface area contributed by atoms with Crippen LogP contribution in [0.1, 0.15) is 46.6 Å². The van der Waals surface area contributed by atoms with E-state index in [1.807, 2.05) is 40.7 Å². The molecule has 0 spiro atoms. The van der Waals surface area contributed by atoms with Crippen molar-refractivity contribution in [3.05, 3.63) is 17.7 Å². The summed E-state index contributed by atoms with van der Waals surface area (Å²) in [6, 6.07) is 3.60. The summed E-state index contributed by atoms with van der Waals surface area (Å²) in [4.78, 5) is 14.5. The molecule has 1 amide bonds. The number of anilines is 1. The minimum atomic E-state index is -0.520. The van der Waals surface area contributed by atoms with Gasteiger partial charge in [0.15, 0.2) is 17.6 Å². The van der Waals surface area contributed by atoms with Crippen LogP contribution in [0.5, 0.6) is 11.5 Å². The largest absolute Gasteiger partial charge is 0.490 e. The quantitative estimate of drug-likeness (QED) is 0.874. The van der Waals surface area contributed by atoms with Crippen molar-refractivity contribution in [3.8, 4) is 11.5 Å². The lowest BCUT2D eigenvalue weighted by atomic mass is 10.0. The van der Waals surface area contributed by atoms with E-state index >= 15 is 0 Å². The average molecular weight is 321 g/mol. The van der Waals surface area contributed by atoms with Crippen molar-refractivity contribution in [1.82, 2.24) is 0 Å². The molecule has 0 saturated heterocycles. The Labute approximate surface area is 138 Å². The minimum Gasteiger partial charge on any atom is -0.490 e. The lowest BCUT2D eigenvalue weighted by Gasteiger charge is -2.39. The molecule has 1 atom stereocenters. The van der Waals surface area contributed by atoms with Gasteiger partial charge in [0.2, 0.25) is 0 Å². The number of aliphatic hydroxyl groups excluding tert-OH is 1. The molecule has 0 fully saturated rings. The SMILES string of the molecule is CCCOc1cc(CO)cc2c1OC(C(C)C)C(=O)N2C(C)C. The third kappa shape index (κ3) is 3.44. The number of rotatable bonds is 6. The maximum atomic E-state index is 12.8. The molecule has 0 radical (unpaired) electrons. The van der Waals surface area contributed by atoms with Crippen LogP contribution >= 0.6 is 0 Å². The zero-order valence-corrected chi connectivity index (χ0v) is 14.6. The van der Waals surface area contributed by atoms with Crippen LogP contribution in [0.15, 0.2) is 12.1 Å². The fourth-order valence-electron chi connectivity index (χ4n) is 2.74. The zero-order valence-electron chi connectivity index (χ0n) is 14.6. The van der Waals surface area contributed by atoms with E-state index in [1.54, 1.807) is 11.0 Å². The van der Waals surface area contributed by atoms with E-state index in [0.29, 0.717) is 29.4 Å². The molecule has 0 aliphatic carbocycles. The van der Waals surface area contributed by atoms with Crippen LogP contribution in [-0.4, -0.2) is 29.8 Å². The van der Waals surface area contributed by atoms with Crippen molar-refractivity contribution in [2.45, 2.75) is 59.8 Å². The first kappa shape index (κ1) is 17.6. The topological polar surface area (TPSA) is 59.0 Å². The first-order valence-corrected chi connectivity index (χ1v) is 8.31. The first-order valence-electron chi connectivity index (χ1n) is 8.31. The Kier molecular flexibility index (Phi) is 5.52. The molecule has 1 heterocycles. The summed E-state index contributed by atoms with van der Waals surface area (Å²) < 4.78 is 11.8. The van der Waals surface area contributed by atoms with E-state index in [0.717, 1.165) is 6.42 Å². The van der Waals surface area contributed by atoms with Crippen LogP contribution < -0.4 is 14.4 Å². The molecular weight excluding hydrogens is 294 g/mol. The number of carbonyl (C=O) groups excluding carboxylic acids is 1. The van der Waals surface area contributed by atoms with Crippen LogP contribution in [0, 0.1) is 5.92 Å². The van der Waals surface area contributed by atoms with E-state index in [-0.39, 0.29) is 24.5 Å². The standard InChI is InChI=1S/C18H27NO4/c1-6-7-22-15-9-13(10-20)8-14-17(15)23-16(11(2)3)18(21)19(14)12(4)5/h8-9,11-12,16,20H,6-7,10H2,1-5H3. The predicted molar refractivity (Wildman–Crippen MR) is 90.0 cm³/mol. The van der Waals surface area contributed by atoms with Gasteiger partial charge in [-0.1, -0.05) is 20.8 Å². The van der Waals surface area contributed by atoms with Gasteiger partial charge < -0.3 is 19.5 Å². The Hall–Kier alpha value is -1.75. The van der Waals surface area contributed by atoms with Crippen LogP contribution in [-0.2, 0) is 11.4 Å². The normalized spacial score (nSPS) is 17.5. The second-order valence-corrected chi connectivity index (χ2v) is 6.53. The maximum Gasteiger partial charge on any atom is 0.268 e. The van der Waals surface area contributed by atoms with Gasteiger partial charge in [-0.3, -0.25) is 4.79 Å². The summed E-state index contributed by atoms with van der Waals surface area (Å²) in [5.41, 5.74) is 1.39. The van der Waals surface area contributed by atoms with Crippen molar-refractivity contribution < 1.29 is 19.4 Å². The monoisotopic (exact) mass is 321 g/mol. The Morgan fingerprint density at radius 2 is 2.00 bits per heavy atom. The van der Waals surface area contributed by atoms with Crippen molar-refractivity contribution in [3.63, 3.8) is 0 Å². The molecule has 1 aliphatic heterocycles. The van der Waals surface area contributed by atoms with Gasteiger partial charge in [-0.2, -0.15) is 0 Å². The van der Waals surface area contributed by atoms with Crippen LogP contribution in [0.3, 0.4) is 0 Å². The summed E-state index contributed by atoms with van der Waals surface area (Å²) >= 11 is 0. The molecule has 1 aromatic rings. The molecular formula is C18H27NO4. The van der Waals surface area contributed by atoms with E-state index in [1.165, 1.54) is 0 Å². The van der Waals surface area contributed by atoms with Gasteiger partial charge in [0, 0.05) is 6.04 Å². The van der Waals surface area contributed by atoms with Gasteiger partial charge in [-0.25, -0.2) is 0 Å². The summed E-state index contributed by atoms with van der Waals surface area (Å²) in [5.74, 6) is 1.22. The van der Waals surface area contributed by atoms with Crippen molar-refractivity contribution in [2.24, 2.45) is 5.92 Å². The van der Waals surface area contributed by atoms with E-state index in [4.69, 9.17) is 9.47 Å². The van der Waals surface area contributed by atoms with E-state index in [2.05, 4.69) is 0 Å². The number of amides is 1. The number of hydrogen-bond donors (Lipinski definition) is 1. The fraction of sp³-hybridized carbons (Fsp3) is 0.611. The number of ether oxygens (including phenoxy) is 2. The summed E-state index contributed by atoms with van der Waals surface area (Å²) in [6.07, 6.45) is 0.354. The number of hydrogen-bond acceptors (Lipinski definition) is 4. The first-order chi connectivity index (χ1) is 10.9. The molecule has 5 nitrogen and oxygen atoms in total. The number of aliphatic hydroxyl groups is 1. The predicted octanol–water partition coefficient (Wildman–Crippen LogP) is 3.13. The molecule has 1 aromatic carbocycles. The number of nitrogens with zero attached hydrogens (tertiary/aromatic N) is 1. The molecule has 1 aliphatic rings. The molecule has 1 unspecified atom stereocenters. The van der Waals surface area contributed by atoms with Crippen LogP contribution in [0.2, 0.25) is 0 Å². The smallest absolute Gasteiger partial charge is 0.268 e. The second kappa shape index (κ2) is 7.21. The lowest BCUT2D eigenvalue weighted by Crippen LogP contribution is -2.51. The van der Waals surface area contributed by atoms with E-state index in [9.17, 15) is 9.90 Å². The lowest BCUT2D eigenvalue weighted by molar-refractivity contribution is -0.128. The highest BCUT2D eigenvalue weighted by molar-refractivity contribution is 6.01. The molecule has 1 N–H and O–H groups in total. The second-order valence-electron chi connectivity index (χ2n) is 6.53. The van der Waals surface area contributed by atoms with Crippen molar-refractivity contribution in [2.75, 3.05) is 11.5 Å². The molecule has 2 rings (SSSR count).